The molecule has 0 fully saturated rings. The number of halogens is 2. The largest absolute Gasteiger partial charge is 0.468 e. The average Bonchev–Trinajstić information content (AvgIpc) is 2.70. The molecule has 8 heteroatoms. The summed E-state index contributed by atoms with van der Waals surface area (Å²) >= 11 is 3.19. The molecule has 0 saturated heterocycles. The second-order valence-corrected chi connectivity index (χ2v) is 4.98. The summed E-state index contributed by atoms with van der Waals surface area (Å²) in [6.45, 7) is 0.133. The van der Waals surface area contributed by atoms with E-state index in [1.807, 2.05) is 0 Å². The molecule has 106 valence electrons. The van der Waals surface area contributed by atoms with Gasteiger partial charge in [-0.1, -0.05) is 22.0 Å². The van der Waals surface area contributed by atoms with E-state index in [-0.39, 0.29) is 35.7 Å². The van der Waals surface area contributed by atoms with Gasteiger partial charge in [0.1, 0.15) is 17.5 Å². The molecule has 5 N–H and O–H groups in total. The number of aromatic nitrogens is 2. The lowest BCUT2D eigenvalue weighted by atomic mass is 10.2. The van der Waals surface area contributed by atoms with Gasteiger partial charge in [0.2, 0.25) is 0 Å². The molecule has 0 spiro atoms. The number of hydrogen-bond donors (Lipinski definition) is 3. The van der Waals surface area contributed by atoms with Crippen LogP contribution in [0.15, 0.2) is 22.7 Å². The van der Waals surface area contributed by atoms with Crippen LogP contribution in [0.1, 0.15) is 11.3 Å². The molecule has 0 amide bonds. The topological polar surface area (TPSA) is 103 Å². The van der Waals surface area contributed by atoms with Crippen molar-refractivity contribution in [3.05, 3.63) is 39.7 Å². The van der Waals surface area contributed by atoms with Gasteiger partial charge in [0.15, 0.2) is 5.69 Å². The molecule has 1 aromatic carbocycles. The van der Waals surface area contributed by atoms with Crippen molar-refractivity contribution in [2.75, 3.05) is 12.8 Å². The lowest BCUT2D eigenvalue weighted by Gasteiger charge is -2.09. The number of benzene rings is 1. The first-order valence-electron chi connectivity index (χ1n) is 5.62. The quantitative estimate of drug-likeness (QED) is 0.581. The summed E-state index contributed by atoms with van der Waals surface area (Å²) in [5.41, 5.74) is 11.8. The Morgan fingerprint density at radius 3 is 2.80 bits per heavy atom. The van der Waals surface area contributed by atoms with Gasteiger partial charge in [0.25, 0.3) is 6.01 Å². The van der Waals surface area contributed by atoms with Gasteiger partial charge in [-0.2, -0.15) is 4.98 Å². The number of nitrogens with zero attached hydrogens (tertiary/aromatic N) is 2. The van der Waals surface area contributed by atoms with E-state index in [0.29, 0.717) is 10.0 Å². The van der Waals surface area contributed by atoms with Gasteiger partial charge in [0.05, 0.1) is 13.7 Å². The third-order valence-corrected chi connectivity index (χ3v) is 3.25. The minimum Gasteiger partial charge on any atom is -0.468 e. The molecule has 6 nitrogen and oxygen atoms in total. The number of imidazole rings is 1. The van der Waals surface area contributed by atoms with Crippen molar-refractivity contribution in [1.82, 2.24) is 9.55 Å². The van der Waals surface area contributed by atoms with E-state index in [2.05, 4.69) is 20.9 Å². The highest BCUT2D eigenvalue weighted by molar-refractivity contribution is 9.10. The first-order chi connectivity index (χ1) is 9.43. The number of hydrogen-bond acceptors (Lipinski definition) is 4. The van der Waals surface area contributed by atoms with E-state index in [4.69, 9.17) is 21.6 Å². The number of ether oxygens (including phenoxy) is 1. The highest BCUT2D eigenvalue weighted by Gasteiger charge is 2.18. The molecular weight excluding hydrogens is 329 g/mol. The number of nitrogen functional groups attached to an aromatic ring is 2. The van der Waals surface area contributed by atoms with Crippen molar-refractivity contribution in [2.24, 2.45) is 5.73 Å². The fraction of sp³-hybridized carbons (Fsp3) is 0.167. The summed E-state index contributed by atoms with van der Waals surface area (Å²) in [4.78, 5) is 4.01. The standard InChI is InChI=1S/C12H13BrFN5O/c1-20-12-18-9(10(15)16)11(17)19(12)5-6-2-3-7(13)4-8(6)14/h2-4H,5,17H2,1H3,(H3,15,16). The molecule has 0 saturated carbocycles. The van der Waals surface area contributed by atoms with Crippen molar-refractivity contribution in [1.29, 1.82) is 5.41 Å². The van der Waals surface area contributed by atoms with Crippen LogP contribution in [-0.4, -0.2) is 22.5 Å². The molecule has 0 aliphatic rings. The summed E-state index contributed by atoms with van der Waals surface area (Å²) in [5.74, 6) is -0.480. The molecule has 2 aromatic rings. The first-order valence-corrected chi connectivity index (χ1v) is 6.41. The lowest BCUT2D eigenvalue weighted by molar-refractivity contribution is 0.361. The molecule has 0 aliphatic heterocycles. The number of anilines is 1. The number of nitrogens with two attached hydrogens (primary N) is 2. The molecule has 0 atom stereocenters. The molecule has 0 aliphatic carbocycles. The number of methoxy groups -OCH3 is 1. The number of rotatable bonds is 4. The molecule has 1 heterocycles. The fourth-order valence-electron chi connectivity index (χ4n) is 1.77. The van der Waals surface area contributed by atoms with Gasteiger partial charge in [0, 0.05) is 10.0 Å². The van der Waals surface area contributed by atoms with E-state index < -0.39 is 0 Å². The molecule has 1 aromatic heterocycles. The van der Waals surface area contributed by atoms with E-state index in [1.165, 1.54) is 17.7 Å². The number of nitrogens with one attached hydrogen (secondary N) is 1. The van der Waals surface area contributed by atoms with E-state index in [9.17, 15) is 4.39 Å². The van der Waals surface area contributed by atoms with Gasteiger partial charge in [-0.05, 0) is 12.1 Å². The Morgan fingerprint density at radius 1 is 1.55 bits per heavy atom. The maximum Gasteiger partial charge on any atom is 0.298 e. The van der Waals surface area contributed by atoms with Crippen LogP contribution in [0.3, 0.4) is 0 Å². The van der Waals surface area contributed by atoms with Crippen molar-refractivity contribution >= 4 is 27.6 Å². The minimum atomic E-state index is -0.376. The Hall–Kier alpha value is -2.09. The Balaban J connectivity index is 2.45. The summed E-state index contributed by atoms with van der Waals surface area (Å²) < 4.78 is 21.0. The average molecular weight is 342 g/mol. The summed E-state index contributed by atoms with van der Waals surface area (Å²) in [6.07, 6.45) is 0. The highest BCUT2D eigenvalue weighted by Crippen LogP contribution is 2.23. The predicted molar refractivity (Wildman–Crippen MR) is 77.4 cm³/mol. The van der Waals surface area contributed by atoms with Crippen LogP contribution in [0.25, 0.3) is 0 Å². The van der Waals surface area contributed by atoms with E-state index >= 15 is 0 Å². The maximum atomic E-state index is 13.9. The van der Waals surface area contributed by atoms with Crippen LogP contribution in [0.2, 0.25) is 0 Å². The summed E-state index contributed by atoms with van der Waals surface area (Å²) in [6, 6.07) is 4.89. The van der Waals surface area contributed by atoms with Crippen molar-refractivity contribution in [2.45, 2.75) is 6.54 Å². The molecule has 20 heavy (non-hydrogen) atoms. The van der Waals surface area contributed by atoms with Crippen LogP contribution >= 0.6 is 15.9 Å². The third-order valence-electron chi connectivity index (χ3n) is 2.75. The first kappa shape index (κ1) is 14.3. The monoisotopic (exact) mass is 341 g/mol. The second-order valence-electron chi connectivity index (χ2n) is 4.07. The van der Waals surface area contributed by atoms with E-state index in [1.54, 1.807) is 12.1 Å². The normalized spacial score (nSPS) is 10.6. The molecule has 0 radical (unpaired) electrons. The van der Waals surface area contributed by atoms with Crippen molar-refractivity contribution in [3.8, 4) is 6.01 Å². The maximum absolute atomic E-state index is 13.9. The lowest BCUT2D eigenvalue weighted by Crippen LogP contribution is -2.15. The summed E-state index contributed by atoms with van der Waals surface area (Å²) in [5, 5.41) is 7.40. The van der Waals surface area contributed by atoms with Crippen LogP contribution in [0.5, 0.6) is 6.01 Å². The zero-order chi connectivity index (χ0) is 14.9. The molecular formula is C12H13BrFN5O. The van der Waals surface area contributed by atoms with Gasteiger partial charge in [-0.3, -0.25) is 9.98 Å². The Bertz CT molecular complexity index is 670. The predicted octanol–water partition coefficient (Wildman–Crippen LogP) is 1.71. The molecule has 0 unspecified atom stereocenters. The Kier molecular flexibility index (Phi) is 3.93. The highest BCUT2D eigenvalue weighted by atomic mass is 79.9. The van der Waals surface area contributed by atoms with Crippen LogP contribution in [-0.2, 0) is 6.54 Å². The minimum absolute atomic E-state index is 0.124. The molecule has 2 rings (SSSR count). The SMILES string of the molecule is COc1nc(C(=N)N)c(N)n1Cc1ccc(Br)cc1F. The van der Waals surface area contributed by atoms with Crippen LogP contribution < -0.4 is 16.2 Å². The number of amidine groups is 1. The Morgan fingerprint density at radius 2 is 2.25 bits per heavy atom. The third kappa shape index (κ3) is 2.60. The summed E-state index contributed by atoms with van der Waals surface area (Å²) in [7, 11) is 1.42. The van der Waals surface area contributed by atoms with Gasteiger partial charge >= 0.3 is 0 Å². The van der Waals surface area contributed by atoms with Crippen molar-refractivity contribution in [3.63, 3.8) is 0 Å². The zero-order valence-electron chi connectivity index (χ0n) is 10.7. The fourth-order valence-corrected chi connectivity index (χ4v) is 2.10. The van der Waals surface area contributed by atoms with Gasteiger partial charge in [-0.25, -0.2) is 4.39 Å². The van der Waals surface area contributed by atoms with Crippen molar-refractivity contribution < 1.29 is 9.13 Å². The Labute approximate surface area is 123 Å². The van der Waals surface area contributed by atoms with Gasteiger partial charge < -0.3 is 16.2 Å². The molecule has 0 bridgehead atoms. The smallest absolute Gasteiger partial charge is 0.298 e. The zero-order valence-corrected chi connectivity index (χ0v) is 12.2. The van der Waals surface area contributed by atoms with Crippen LogP contribution in [0.4, 0.5) is 10.2 Å². The van der Waals surface area contributed by atoms with E-state index in [0.717, 1.165) is 0 Å². The van der Waals surface area contributed by atoms with Gasteiger partial charge in [-0.15, -0.1) is 0 Å². The van der Waals surface area contributed by atoms with Crippen LogP contribution in [0, 0.1) is 11.2 Å². The second kappa shape index (κ2) is 5.49.